The highest BCUT2D eigenvalue weighted by atomic mass is 28.3. The Balaban J connectivity index is 1.67. The highest BCUT2D eigenvalue weighted by Gasteiger charge is 2.54. The molecule has 36 heavy (non-hydrogen) atoms. The molecule has 0 aliphatic heterocycles. The van der Waals surface area contributed by atoms with Crippen LogP contribution in [-0.4, -0.2) is 20.1 Å². The number of aromatic carboxylic acids is 1. The maximum Gasteiger partial charge on any atom is 0.335 e. The summed E-state index contributed by atoms with van der Waals surface area (Å²) < 4.78 is 6.89. The maximum atomic E-state index is 11.3. The minimum atomic E-state index is -0.975. The first-order valence-electron chi connectivity index (χ1n) is 13.6. The molecule has 0 amide bonds. The van der Waals surface area contributed by atoms with Crippen molar-refractivity contribution in [1.29, 1.82) is 0 Å². The van der Waals surface area contributed by atoms with Gasteiger partial charge in [-0.25, -0.2) is 4.79 Å². The number of carboxylic acids is 1. The van der Waals surface area contributed by atoms with Crippen molar-refractivity contribution in [3.05, 3.63) is 64.2 Å². The van der Waals surface area contributed by atoms with Gasteiger partial charge in [-0.2, -0.15) is 0 Å². The van der Waals surface area contributed by atoms with E-state index in [1.54, 1.807) is 12.1 Å². The normalized spacial score (nSPS) is 27.5. The van der Waals surface area contributed by atoms with Crippen LogP contribution in [0.4, 0.5) is 0 Å². The fourth-order valence-electron chi connectivity index (χ4n) is 7.82. The van der Waals surface area contributed by atoms with Gasteiger partial charge in [0, 0.05) is 16.5 Å². The van der Waals surface area contributed by atoms with Crippen LogP contribution in [0.1, 0.15) is 98.8 Å². The summed E-state index contributed by atoms with van der Waals surface area (Å²) in [6.07, 6.45) is 10.4. The van der Waals surface area contributed by atoms with Gasteiger partial charge in [-0.1, -0.05) is 51.1 Å². The Hall–Kier alpha value is -2.33. The molecule has 2 aromatic rings. The first-order valence-corrected chi connectivity index (χ1v) is 16.0. The molecule has 1 radical (unpaired) electrons. The minimum Gasteiger partial charge on any atom is -0.542 e. The second-order valence-corrected chi connectivity index (χ2v) is 15.1. The summed E-state index contributed by atoms with van der Waals surface area (Å²) in [6, 6.07) is 11.8. The van der Waals surface area contributed by atoms with Crippen molar-refractivity contribution in [2.75, 3.05) is 0 Å². The van der Waals surface area contributed by atoms with E-state index in [0.717, 1.165) is 29.1 Å². The van der Waals surface area contributed by atoms with E-state index in [9.17, 15) is 9.90 Å². The van der Waals surface area contributed by atoms with Gasteiger partial charge in [0.1, 0.15) is 5.75 Å². The van der Waals surface area contributed by atoms with Crippen LogP contribution in [0.3, 0.4) is 0 Å². The number of allylic oxidation sites excluding steroid dienone is 1. The van der Waals surface area contributed by atoms with Crippen molar-refractivity contribution < 1.29 is 14.3 Å². The molecular formula is C32H41O3Si. The molecule has 4 fully saturated rings. The number of hydrogen-bond donors (Lipinski definition) is 1. The van der Waals surface area contributed by atoms with Gasteiger partial charge in [-0.3, -0.25) is 0 Å². The van der Waals surface area contributed by atoms with Gasteiger partial charge in [0.25, 0.3) is 9.04 Å². The van der Waals surface area contributed by atoms with Gasteiger partial charge in [0.2, 0.25) is 0 Å². The Bertz CT molecular complexity index is 1150. The van der Waals surface area contributed by atoms with Crippen LogP contribution < -0.4 is 4.43 Å². The lowest BCUT2D eigenvalue weighted by Gasteiger charge is -2.58. The summed E-state index contributed by atoms with van der Waals surface area (Å²) in [5.74, 6) is 2.87. The van der Waals surface area contributed by atoms with Gasteiger partial charge in [-0.05, 0) is 111 Å². The van der Waals surface area contributed by atoms with Crippen molar-refractivity contribution in [1.82, 2.24) is 0 Å². The van der Waals surface area contributed by atoms with Gasteiger partial charge >= 0.3 is 5.97 Å². The minimum absolute atomic E-state index is 0.0496. The van der Waals surface area contributed by atoms with Gasteiger partial charge in [0.15, 0.2) is 0 Å². The molecule has 4 bridgehead atoms. The summed E-state index contributed by atoms with van der Waals surface area (Å²) in [5.41, 5.74) is 6.97. The quantitative estimate of drug-likeness (QED) is 0.320. The summed E-state index contributed by atoms with van der Waals surface area (Å²) >= 11 is 0. The lowest BCUT2D eigenvalue weighted by molar-refractivity contribution is -0.00659. The molecule has 0 heterocycles. The number of rotatable bonds is 6. The third-order valence-electron chi connectivity index (χ3n) is 8.81. The monoisotopic (exact) mass is 501 g/mol. The fraction of sp³-hybridized carbons (Fsp3) is 0.531. The Kier molecular flexibility index (Phi) is 6.47. The van der Waals surface area contributed by atoms with Crippen LogP contribution >= 0.6 is 0 Å². The lowest BCUT2D eigenvalue weighted by atomic mass is 9.47. The molecule has 1 N–H and O–H groups in total. The third-order valence-corrected chi connectivity index (χ3v) is 9.42. The van der Waals surface area contributed by atoms with Crippen LogP contribution in [0.15, 0.2) is 36.4 Å². The average Bonchev–Trinajstić information content (AvgIpc) is 2.77. The van der Waals surface area contributed by atoms with Crippen LogP contribution in [0, 0.1) is 17.8 Å². The van der Waals surface area contributed by atoms with Crippen molar-refractivity contribution in [2.24, 2.45) is 17.8 Å². The van der Waals surface area contributed by atoms with E-state index in [-0.39, 0.29) is 10.8 Å². The van der Waals surface area contributed by atoms with Crippen LogP contribution in [0.2, 0.25) is 13.1 Å². The van der Waals surface area contributed by atoms with E-state index >= 15 is 0 Å². The van der Waals surface area contributed by atoms with Crippen molar-refractivity contribution in [3.63, 3.8) is 0 Å². The van der Waals surface area contributed by atoms with Crippen LogP contribution in [-0.2, 0) is 10.8 Å². The molecule has 0 aromatic heterocycles. The maximum absolute atomic E-state index is 11.3. The van der Waals surface area contributed by atoms with Crippen molar-refractivity contribution >= 4 is 26.7 Å². The predicted molar refractivity (Wildman–Crippen MR) is 150 cm³/mol. The number of carboxylic acid groups (broad SMARTS) is 1. The zero-order valence-electron chi connectivity index (χ0n) is 22.8. The second-order valence-electron chi connectivity index (χ2n) is 13.1. The van der Waals surface area contributed by atoms with Gasteiger partial charge in [0.05, 0.1) is 5.56 Å². The van der Waals surface area contributed by atoms with E-state index in [0.29, 0.717) is 5.56 Å². The molecule has 0 spiro atoms. The van der Waals surface area contributed by atoms with Crippen molar-refractivity contribution in [3.8, 4) is 5.75 Å². The molecule has 191 valence electrons. The predicted octanol–water partition coefficient (Wildman–Crippen LogP) is 8.34. The zero-order chi connectivity index (χ0) is 25.8. The number of hydrogen-bond acceptors (Lipinski definition) is 2. The summed E-state index contributed by atoms with van der Waals surface area (Å²) in [5, 5.41) is 9.27. The molecule has 4 saturated carbocycles. The zero-order valence-corrected chi connectivity index (χ0v) is 23.8. The van der Waals surface area contributed by atoms with Gasteiger partial charge < -0.3 is 9.53 Å². The Morgan fingerprint density at radius 1 is 0.972 bits per heavy atom. The van der Waals surface area contributed by atoms with E-state index in [1.165, 1.54) is 60.8 Å². The highest BCUT2D eigenvalue weighted by molar-refractivity contribution is 6.49. The molecule has 2 aromatic carbocycles. The summed E-state index contributed by atoms with van der Waals surface area (Å²) in [4.78, 5) is 11.3. The summed E-state index contributed by atoms with van der Waals surface area (Å²) in [7, 11) is -0.975. The molecule has 0 atom stereocenters. The third kappa shape index (κ3) is 4.69. The number of carbonyl (C=O) groups is 1. The molecule has 0 saturated heterocycles. The molecule has 6 rings (SSSR count). The van der Waals surface area contributed by atoms with E-state index in [1.807, 2.05) is 12.1 Å². The Morgan fingerprint density at radius 2 is 1.53 bits per heavy atom. The number of benzene rings is 2. The van der Waals surface area contributed by atoms with E-state index in [4.69, 9.17) is 4.43 Å². The van der Waals surface area contributed by atoms with E-state index in [2.05, 4.69) is 59.0 Å². The van der Waals surface area contributed by atoms with Crippen LogP contribution in [0.25, 0.3) is 11.6 Å². The largest absolute Gasteiger partial charge is 0.542 e. The lowest BCUT2D eigenvalue weighted by Crippen LogP contribution is -2.49. The topological polar surface area (TPSA) is 46.5 Å². The SMILES string of the molecule is CC(=Cc1ccc(C(=O)O)cc1)c1ccc(C(C)(C)C)c(C23CC4CC(CC(C4)C2)C3)c1O[Si](C)C. The van der Waals surface area contributed by atoms with Crippen LogP contribution in [0.5, 0.6) is 5.75 Å². The van der Waals surface area contributed by atoms with Gasteiger partial charge in [-0.15, -0.1) is 0 Å². The molecule has 3 nitrogen and oxygen atoms in total. The summed E-state index contributed by atoms with van der Waals surface area (Å²) in [6.45, 7) is 13.7. The highest BCUT2D eigenvalue weighted by Crippen LogP contribution is 2.63. The first-order chi connectivity index (χ1) is 16.9. The fourth-order valence-corrected chi connectivity index (χ4v) is 8.44. The van der Waals surface area contributed by atoms with E-state index < -0.39 is 15.0 Å². The first kappa shape index (κ1) is 25.3. The smallest absolute Gasteiger partial charge is 0.335 e. The molecule has 4 heteroatoms. The molecule has 0 unspecified atom stereocenters. The molecule has 4 aliphatic rings. The molecule has 4 aliphatic carbocycles. The Labute approximate surface area is 218 Å². The Morgan fingerprint density at radius 3 is 2.00 bits per heavy atom. The average molecular weight is 502 g/mol. The van der Waals surface area contributed by atoms with Crippen molar-refractivity contribution in [2.45, 2.75) is 90.1 Å². The molecular weight excluding hydrogens is 460 g/mol. The second kappa shape index (κ2) is 9.20. The standard InChI is InChI=1S/C32H41O3Si/c1-20(13-21-7-9-25(10-8-21)30(33)34)26-11-12-27(31(2,3)4)28(29(26)35-36(5)6)32-17-22-14-23(18-32)16-24(15-22)19-32/h7-13,22-24H,14-19H2,1-6H3,(H,33,34).